The van der Waals surface area contributed by atoms with Crippen molar-refractivity contribution in [3.8, 4) is 0 Å². The summed E-state index contributed by atoms with van der Waals surface area (Å²) in [6.45, 7) is 3.52. The lowest BCUT2D eigenvalue weighted by Crippen LogP contribution is -2.36. The Hall–Kier alpha value is -1.97. The molecule has 0 bridgehead atoms. The molecule has 2 rings (SSSR count). The van der Waals surface area contributed by atoms with Crippen molar-refractivity contribution in [2.75, 3.05) is 11.4 Å². The lowest BCUT2D eigenvalue weighted by molar-refractivity contribution is -0.122. The third kappa shape index (κ3) is 1.86. The second kappa shape index (κ2) is 4.13. The number of ketones is 2. The molecule has 0 fully saturated rings. The molecule has 0 saturated carbocycles. The zero-order chi connectivity index (χ0) is 12.6. The van der Waals surface area contributed by atoms with Gasteiger partial charge in [0.1, 0.15) is 0 Å². The Kier molecular flexibility index (Phi) is 2.79. The maximum atomic E-state index is 11.7. The molecule has 0 saturated heterocycles. The molecule has 4 heteroatoms. The zero-order valence-corrected chi connectivity index (χ0v) is 9.77. The number of carbonyl (C=O) groups is 3. The quantitative estimate of drug-likeness (QED) is 0.740. The molecule has 1 aliphatic heterocycles. The van der Waals surface area contributed by atoms with Crippen LogP contribution in [0.25, 0.3) is 0 Å². The van der Waals surface area contributed by atoms with E-state index in [0.29, 0.717) is 11.3 Å². The lowest BCUT2D eigenvalue weighted by atomic mass is 10.1. The van der Waals surface area contributed by atoms with Crippen molar-refractivity contribution in [3.63, 3.8) is 0 Å². The van der Waals surface area contributed by atoms with Gasteiger partial charge < -0.3 is 0 Å². The Morgan fingerprint density at radius 3 is 2.53 bits per heavy atom. The van der Waals surface area contributed by atoms with Gasteiger partial charge in [0.05, 0.1) is 17.8 Å². The maximum Gasteiger partial charge on any atom is 0.299 e. The summed E-state index contributed by atoms with van der Waals surface area (Å²) < 4.78 is 0. The van der Waals surface area contributed by atoms with E-state index in [0.717, 1.165) is 0 Å². The minimum atomic E-state index is -0.611. The van der Waals surface area contributed by atoms with Crippen molar-refractivity contribution >= 4 is 23.2 Å². The number of rotatable bonds is 3. The summed E-state index contributed by atoms with van der Waals surface area (Å²) in [6, 6.07) is 6.75. The van der Waals surface area contributed by atoms with Gasteiger partial charge in [0.2, 0.25) is 0 Å². The number of amides is 1. The Morgan fingerprint density at radius 1 is 1.24 bits per heavy atom. The number of benzene rings is 1. The van der Waals surface area contributed by atoms with Crippen LogP contribution in [0.5, 0.6) is 0 Å². The molecule has 17 heavy (non-hydrogen) atoms. The van der Waals surface area contributed by atoms with E-state index in [1.54, 1.807) is 38.1 Å². The Balaban J connectivity index is 2.34. The normalized spacial score (nSPS) is 14.4. The van der Waals surface area contributed by atoms with Crippen molar-refractivity contribution in [1.29, 1.82) is 0 Å². The second-order valence-corrected chi connectivity index (χ2v) is 4.36. The van der Waals surface area contributed by atoms with Crippen LogP contribution in [0.1, 0.15) is 24.2 Å². The summed E-state index contributed by atoms with van der Waals surface area (Å²) >= 11 is 0. The average molecular weight is 231 g/mol. The molecule has 1 aliphatic rings. The summed E-state index contributed by atoms with van der Waals surface area (Å²) in [5.41, 5.74) is 0.922. The smallest absolute Gasteiger partial charge is 0.297 e. The van der Waals surface area contributed by atoms with Gasteiger partial charge in [-0.1, -0.05) is 26.0 Å². The molecule has 0 N–H and O–H groups in total. The number of fused-ring (bicyclic) bond motifs is 1. The van der Waals surface area contributed by atoms with Crippen LogP contribution >= 0.6 is 0 Å². The molecular formula is C13H13NO3. The molecule has 4 nitrogen and oxygen atoms in total. The molecule has 0 aromatic heterocycles. The van der Waals surface area contributed by atoms with Gasteiger partial charge in [0.15, 0.2) is 5.78 Å². The van der Waals surface area contributed by atoms with Crippen LogP contribution in [0.15, 0.2) is 24.3 Å². The molecule has 0 atom stereocenters. The average Bonchev–Trinajstić information content (AvgIpc) is 2.55. The van der Waals surface area contributed by atoms with E-state index in [4.69, 9.17) is 0 Å². The van der Waals surface area contributed by atoms with Gasteiger partial charge in [0.25, 0.3) is 11.7 Å². The first kappa shape index (κ1) is 11.5. The molecule has 1 aromatic rings. The van der Waals surface area contributed by atoms with Gasteiger partial charge in [-0.3, -0.25) is 19.3 Å². The van der Waals surface area contributed by atoms with Crippen LogP contribution < -0.4 is 4.90 Å². The van der Waals surface area contributed by atoms with Gasteiger partial charge in [-0.25, -0.2) is 0 Å². The van der Waals surface area contributed by atoms with Crippen LogP contribution in [0.3, 0.4) is 0 Å². The standard InChI is InChI=1S/C13H13NO3/c1-8(2)11(15)7-14-10-6-4-3-5-9(10)12(16)13(14)17/h3-6,8H,7H2,1-2H3. The van der Waals surface area contributed by atoms with Crippen LogP contribution in [0, 0.1) is 5.92 Å². The van der Waals surface area contributed by atoms with Crippen molar-refractivity contribution in [2.45, 2.75) is 13.8 Å². The number of para-hydroxylation sites is 1. The molecule has 1 heterocycles. The van der Waals surface area contributed by atoms with Crippen LogP contribution in [-0.4, -0.2) is 24.0 Å². The fourth-order valence-corrected chi connectivity index (χ4v) is 1.74. The summed E-state index contributed by atoms with van der Waals surface area (Å²) in [6.07, 6.45) is 0. The number of carbonyl (C=O) groups excluding carboxylic acids is 3. The van der Waals surface area contributed by atoms with Gasteiger partial charge in [-0.15, -0.1) is 0 Å². The topological polar surface area (TPSA) is 54.5 Å². The Morgan fingerprint density at radius 2 is 1.88 bits per heavy atom. The fraction of sp³-hybridized carbons (Fsp3) is 0.308. The summed E-state index contributed by atoms with van der Waals surface area (Å²) in [7, 11) is 0. The molecule has 0 radical (unpaired) electrons. The van der Waals surface area contributed by atoms with Crippen LogP contribution in [0.2, 0.25) is 0 Å². The van der Waals surface area contributed by atoms with Crippen molar-refractivity contribution in [3.05, 3.63) is 29.8 Å². The summed E-state index contributed by atoms with van der Waals surface area (Å²) in [5.74, 6) is -1.34. The first-order chi connectivity index (χ1) is 8.02. The van der Waals surface area contributed by atoms with Crippen molar-refractivity contribution in [2.24, 2.45) is 5.92 Å². The largest absolute Gasteiger partial charge is 0.299 e. The molecule has 0 aliphatic carbocycles. The predicted molar refractivity (Wildman–Crippen MR) is 63.0 cm³/mol. The van der Waals surface area contributed by atoms with Gasteiger partial charge in [-0.05, 0) is 12.1 Å². The highest BCUT2D eigenvalue weighted by molar-refractivity contribution is 6.52. The maximum absolute atomic E-state index is 11.7. The number of Topliss-reactive ketones (excluding diaryl/α,β-unsaturated/α-hetero) is 2. The van der Waals surface area contributed by atoms with E-state index < -0.39 is 11.7 Å². The summed E-state index contributed by atoms with van der Waals surface area (Å²) in [5, 5.41) is 0. The third-order valence-corrected chi connectivity index (χ3v) is 2.84. The monoisotopic (exact) mass is 231 g/mol. The number of hydrogen-bond acceptors (Lipinski definition) is 3. The van der Waals surface area contributed by atoms with Gasteiger partial charge in [-0.2, -0.15) is 0 Å². The van der Waals surface area contributed by atoms with Crippen LogP contribution in [0.4, 0.5) is 5.69 Å². The predicted octanol–water partition coefficient (Wildman–Crippen LogP) is 1.44. The van der Waals surface area contributed by atoms with E-state index in [9.17, 15) is 14.4 Å². The molecular weight excluding hydrogens is 218 g/mol. The first-order valence-electron chi connectivity index (χ1n) is 5.50. The van der Waals surface area contributed by atoms with Crippen LogP contribution in [-0.2, 0) is 9.59 Å². The SMILES string of the molecule is CC(C)C(=O)CN1C(=O)C(=O)c2ccccc21. The highest BCUT2D eigenvalue weighted by Gasteiger charge is 2.36. The molecule has 88 valence electrons. The minimum absolute atomic E-state index is 0.0285. The molecule has 0 unspecified atom stereocenters. The van der Waals surface area contributed by atoms with E-state index in [2.05, 4.69) is 0 Å². The van der Waals surface area contributed by atoms with Gasteiger partial charge in [0, 0.05) is 5.92 Å². The number of hydrogen-bond donors (Lipinski definition) is 0. The van der Waals surface area contributed by atoms with Crippen molar-refractivity contribution < 1.29 is 14.4 Å². The fourth-order valence-electron chi connectivity index (χ4n) is 1.74. The van der Waals surface area contributed by atoms with E-state index in [1.807, 2.05) is 0 Å². The minimum Gasteiger partial charge on any atom is -0.297 e. The molecule has 0 spiro atoms. The number of anilines is 1. The zero-order valence-electron chi connectivity index (χ0n) is 9.77. The summed E-state index contributed by atoms with van der Waals surface area (Å²) in [4.78, 5) is 36.3. The highest BCUT2D eigenvalue weighted by atomic mass is 16.2. The molecule has 1 amide bonds. The third-order valence-electron chi connectivity index (χ3n) is 2.84. The highest BCUT2D eigenvalue weighted by Crippen LogP contribution is 2.28. The van der Waals surface area contributed by atoms with E-state index in [-0.39, 0.29) is 18.2 Å². The van der Waals surface area contributed by atoms with E-state index >= 15 is 0 Å². The van der Waals surface area contributed by atoms with Gasteiger partial charge >= 0.3 is 0 Å². The lowest BCUT2D eigenvalue weighted by Gasteiger charge is -2.16. The van der Waals surface area contributed by atoms with Crippen molar-refractivity contribution in [1.82, 2.24) is 0 Å². The van der Waals surface area contributed by atoms with E-state index in [1.165, 1.54) is 4.90 Å². The first-order valence-corrected chi connectivity index (χ1v) is 5.50. The second-order valence-electron chi connectivity index (χ2n) is 4.36. The Bertz CT molecular complexity index is 505. The Labute approximate surface area is 99.2 Å². The molecule has 1 aromatic carbocycles. The number of nitrogens with zero attached hydrogens (tertiary/aromatic N) is 1.